The second kappa shape index (κ2) is 7.45. The first-order chi connectivity index (χ1) is 9.02. The van der Waals surface area contributed by atoms with Crippen molar-refractivity contribution >= 4 is 11.8 Å². The zero-order chi connectivity index (χ0) is 14.4. The van der Waals surface area contributed by atoms with Gasteiger partial charge in [0.05, 0.1) is 19.3 Å². The van der Waals surface area contributed by atoms with Crippen molar-refractivity contribution in [2.45, 2.75) is 39.3 Å². The van der Waals surface area contributed by atoms with Crippen LogP contribution in [0.25, 0.3) is 0 Å². The van der Waals surface area contributed by atoms with Gasteiger partial charge in [0.2, 0.25) is 11.8 Å². The van der Waals surface area contributed by atoms with Crippen molar-refractivity contribution in [1.29, 1.82) is 0 Å². The lowest BCUT2D eigenvalue weighted by Crippen LogP contribution is -2.60. The third-order valence-electron chi connectivity index (χ3n) is 3.61. The normalized spacial score (nSPS) is 22.7. The number of ether oxygens (including phenoxy) is 1. The summed E-state index contributed by atoms with van der Waals surface area (Å²) in [6.07, 6.45) is 0.836. The van der Waals surface area contributed by atoms with Crippen LogP contribution in [0.1, 0.15) is 27.2 Å². The van der Waals surface area contributed by atoms with Crippen LogP contribution in [0.15, 0.2) is 0 Å². The second-order valence-corrected chi connectivity index (χ2v) is 4.93. The molecule has 0 bridgehead atoms. The van der Waals surface area contributed by atoms with Crippen LogP contribution in [0.3, 0.4) is 0 Å². The Labute approximate surface area is 114 Å². The van der Waals surface area contributed by atoms with Crippen LogP contribution in [0.2, 0.25) is 0 Å². The molecule has 1 saturated heterocycles. The number of nitrogens with one attached hydrogen (secondary N) is 1. The van der Waals surface area contributed by atoms with Gasteiger partial charge < -0.3 is 20.7 Å². The summed E-state index contributed by atoms with van der Waals surface area (Å²) in [6.45, 7) is 7.44. The summed E-state index contributed by atoms with van der Waals surface area (Å²) in [7, 11) is 0. The van der Waals surface area contributed by atoms with Crippen LogP contribution in [0.5, 0.6) is 0 Å². The number of nitrogens with two attached hydrogens (primary N) is 1. The highest BCUT2D eigenvalue weighted by Crippen LogP contribution is 2.14. The molecule has 3 N–H and O–H groups in total. The SMILES string of the molecule is CCNC(=O)C1COCCN1C(=O)[C@@H](N)C(C)CC. The highest BCUT2D eigenvalue weighted by molar-refractivity contribution is 5.90. The van der Waals surface area contributed by atoms with Gasteiger partial charge in [0, 0.05) is 13.1 Å². The largest absolute Gasteiger partial charge is 0.377 e. The van der Waals surface area contributed by atoms with Gasteiger partial charge in [-0.05, 0) is 12.8 Å². The van der Waals surface area contributed by atoms with Crippen LogP contribution < -0.4 is 11.1 Å². The van der Waals surface area contributed by atoms with Crippen molar-refractivity contribution in [2.75, 3.05) is 26.3 Å². The van der Waals surface area contributed by atoms with E-state index in [1.54, 1.807) is 4.90 Å². The van der Waals surface area contributed by atoms with E-state index in [0.29, 0.717) is 19.7 Å². The summed E-state index contributed by atoms with van der Waals surface area (Å²) in [5.41, 5.74) is 5.97. The minimum Gasteiger partial charge on any atom is -0.377 e. The van der Waals surface area contributed by atoms with E-state index in [9.17, 15) is 9.59 Å². The van der Waals surface area contributed by atoms with E-state index in [0.717, 1.165) is 6.42 Å². The second-order valence-electron chi connectivity index (χ2n) is 4.93. The van der Waals surface area contributed by atoms with Gasteiger partial charge in [0.1, 0.15) is 6.04 Å². The van der Waals surface area contributed by atoms with Crippen LogP contribution in [0.4, 0.5) is 0 Å². The van der Waals surface area contributed by atoms with Gasteiger partial charge in [0.15, 0.2) is 0 Å². The first-order valence-corrected chi connectivity index (χ1v) is 6.94. The lowest BCUT2D eigenvalue weighted by molar-refractivity contribution is -0.150. The molecule has 0 aromatic heterocycles. The summed E-state index contributed by atoms with van der Waals surface area (Å²) in [4.78, 5) is 25.9. The van der Waals surface area contributed by atoms with Crippen LogP contribution in [0, 0.1) is 5.92 Å². The Morgan fingerprint density at radius 2 is 2.16 bits per heavy atom. The van der Waals surface area contributed by atoms with Crippen molar-refractivity contribution in [3.63, 3.8) is 0 Å². The highest BCUT2D eigenvalue weighted by atomic mass is 16.5. The minimum atomic E-state index is -0.559. The number of hydrogen-bond donors (Lipinski definition) is 2. The smallest absolute Gasteiger partial charge is 0.245 e. The molecule has 2 unspecified atom stereocenters. The quantitative estimate of drug-likeness (QED) is 0.720. The number of carbonyl (C=O) groups excluding carboxylic acids is 2. The molecule has 2 amide bonds. The third kappa shape index (κ3) is 3.91. The maximum Gasteiger partial charge on any atom is 0.245 e. The molecule has 0 radical (unpaired) electrons. The van der Waals surface area contributed by atoms with Gasteiger partial charge in [-0.25, -0.2) is 0 Å². The zero-order valence-electron chi connectivity index (χ0n) is 12.0. The molecule has 1 heterocycles. The molecule has 0 aromatic rings. The third-order valence-corrected chi connectivity index (χ3v) is 3.61. The van der Waals surface area contributed by atoms with Gasteiger partial charge in [-0.15, -0.1) is 0 Å². The van der Waals surface area contributed by atoms with Crippen molar-refractivity contribution in [3.8, 4) is 0 Å². The lowest BCUT2D eigenvalue weighted by Gasteiger charge is -2.36. The van der Waals surface area contributed by atoms with E-state index in [2.05, 4.69) is 5.32 Å². The van der Waals surface area contributed by atoms with Crippen molar-refractivity contribution in [2.24, 2.45) is 11.7 Å². The Morgan fingerprint density at radius 3 is 2.74 bits per heavy atom. The Hall–Kier alpha value is -1.14. The van der Waals surface area contributed by atoms with Gasteiger partial charge in [-0.1, -0.05) is 20.3 Å². The van der Waals surface area contributed by atoms with Crippen molar-refractivity contribution < 1.29 is 14.3 Å². The summed E-state index contributed by atoms with van der Waals surface area (Å²) >= 11 is 0. The number of hydrogen-bond acceptors (Lipinski definition) is 4. The number of nitrogens with zero attached hydrogens (tertiary/aromatic N) is 1. The maximum atomic E-state index is 12.4. The fourth-order valence-electron chi connectivity index (χ4n) is 2.07. The van der Waals surface area contributed by atoms with Crippen LogP contribution >= 0.6 is 0 Å². The van der Waals surface area contributed by atoms with Gasteiger partial charge in [-0.2, -0.15) is 0 Å². The summed E-state index contributed by atoms with van der Waals surface area (Å²) < 4.78 is 5.30. The highest BCUT2D eigenvalue weighted by Gasteiger charge is 2.35. The molecule has 1 rings (SSSR count). The summed E-state index contributed by atoms with van der Waals surface area (Å²) in [6, 6.07) is -1.11. The van der Waals surface area contributed by atoms with E-state index < -0.39 is 12.1 Å². The molecule has 1 fully saturated rings. The maximum absolute atomic E-state index is 12.4. The fourth-order valence-corrected chi connectivity index (χ4v) is 2.07. The summed E-state index contributed by atoms with van der Waals surface area (Å²) in [5, 5.41) is 2.73. The van der Waals surface area contributed by atoms with Gasteiger partial charge in [-0.3, -0.25) is 9.59 Å². The Balaban J connectivity index is 2.76. The van der Waals surface area contributed by atoms with Crippen LogP contribution in [-0.2, 0) is 14.3 Å². The van der Waals surface area contributed by atoms with Gasteiger partial charge in [0.25, 0.3) is 0 Å². The molecule has 1 aliphatic heterocycles. The zero-order valence-corrected chi connectivity index (χ0v) is 12.0. The Kier molecular flexibility index (Phi) is 6.24. The van der Waals surface area contributed by atoms with E-state index in [4.69, 9.17) is 10.5 Å². The number of morpholine rings is 1. The number of rotatable bonds is 5. The first kappa shape index (κ1) is 15.9. The average molecular weight is 271 g/mol. The van der Waals surface area contributed by atoms with E-state index >= 15 is 0 Å². The van der Waals surface area contributed by atoms with E-state index in [1.807, 2.05) is 20.8 Å². The molecule has 0 aliphatic carbocycles. The Morgan fingerprint density at radius 1 is 1.47 bits per heavy atom. The van der Waals surface area contributed by atoms with E-state index in [1.165, 1.54) is 0 Å². The molecule has 6 heteroatoms. The molecular formula is C13H25N3O3. The van der Waals surface area contributed by atoms with Crippen LogP contribution in [-0.4, -0.2) is 55.1 Å². The van der Waals surface area contributed by atoms with E-state index in [-0.39, 0.29) is 24.3 Å². The molecule has 0 aromatic carbocycles. The van der Waals surface area contributed by atoms with Gasteiger partial charge >= 0.3 is 0 Å². The topological polar surface area (TPSA) is 84.7 Å². The number of amides is 2. The monoisotopic (exact) mass is 271 g/mol. The molecule has 6 nitrogen and oxygen atoms in total. The standard InChI is InChI=1S/C13H25N3O3/c1-4-9(3)11(14)13(18)16-6-7-19-8-10(16)12(17)15-5-2/h9-11H,4-8,14H2,1-3H3,(H,15,17)/t9?,10?,11-/m0/s1. The molecule has 0 spiro atoms. The number of carbonyl (C=O) groups is 2. The average Bonchev–Trinajstić information content (AvgIpc) is 2.45. The predicted octanol–water partition coefficient (Wildman–Crippen LogP) is -0.277. The predicted molar refractivity (Wildman–Crippen MR) is 72.4 cm³/mol. The minimum absolute atomic E-state index is 0.102. The molecule has 1 aliphatic rings. The lowest BCUT2D eigenvalue weighted by atomic mass is 9.98. The Bertz CT molecular complexity index is 322. The van der Waals surface area contributed by atoms with Crippen molar-refractivity contribution in [1.82, 2.24) is 10.2 Å². The molecular weight excluding hydrogens is 246 g/mol. The first-order valence-electron chi connectivity index (χ1n) is 6.94. The fraction of sp³-hybridized carbons (Fsp3) is 0.846. The molecule has 110 valence electrons. The molecule has 19 heavy (non-hydrogen) atoms. The summed E-state index contributed by atoms with van der Waals surface area (Å²) in [5.74, 6) is -0.231. The van der Waals surface area contributed by atoms with Crippen molar-refractivity contribution in [3.05, 3.63) is 0 Å². The molecule has 0 saturated carbocycles. The molecule has 3 atom stereocenters. The number of likely N-dealkylation sites (N-methyl/N-ethyl adjacent to an activating group) is 1.